The normalized spacial score (nSPS) is 18.9. The van der Waals surface area contributed by atoms with Crippen molar-refractivity contribution in [3.8, 4) is 0 Å². The van der Waals surface area contributed by atoms with Crippen molar-refractivity contribution in [3.05, 3.63) is 29.3 Å². The van der Waals surface area contributed by atoms with Gasteiger partial charge in [-0.2, -0.15) is 0 Å². The zero-order valence-electron chi connectivity index (χ0n) is 10.9. The van der Waals surface area contributed by atoms with Crippen LogP contribution in [0.2, 0.25) is 5.02 Å². The number of nitrogens with one attached hydrogen (secondary N) is 2. The number of urea groups is 1. The van der Waals surface area contributed by atoms with Crippen molar-refractivity contribution < 1.29 is 9.53 Å². The second-order valence-corrected chi connectivity index (χ2v) is 4.95. The van der Waals surface area contributed by atoms with Gasteiger partial charge in [0.05, 0.1) is 12.7 Å². The topological polar surface area (TPSA) is 53.6 Å². The predicted octanol–water partition coefficient (Wildman–Crippen LogP) is 1.79. The predicted molar refractivity (Wildman–Crippen MR) is 75.7 cm³/mol. The second-order valence-electron chi connectivity index (χ2n) is 4.51. The van der Waals surface area contributed by atoms with Gasteiger partial charge in [0, 0.05) is 37.4 Å². The minimum atomic E-state index is -0.156. The highest BCUT2D eigenvalue weighted by molar-refractivity contribution is 6.30. The van der Waals surface area contributed by atoms with Gasteiger partial charge in [-0.25, -0.2) is 4.79 Å². The quantitative estimate of drug-likeness (QED) is 0.889. The zero-order valence-corrected chi connectivity index (χ0v) is 11.6. The van der Waals surface area contributed by atoms with E-state index >= 15 is 0 Å². The summed E-state index contributed by atoms with van der Waals surface area (Å²) < 4.78 is 5.56. The van der Waals surface area contributed by atoms with Crippen molar-refractivity contribution in [2.45, 2.75) is 6.10 Å². The molecule has 0 bridgehead atoms. The number of nitrogens with zero attached hydrogens (tertiary/aromatic N) is 1. The third kappa shape index (κ3) is 4.38. The molecule has 1 unspecified atom stereocenters. The highest BCUT2D eigenvalue weighted by Gasteiger charge is 2.18. The number of benzene rings is 1. The zero-order chi connectivity index (χ0) is 13.7. The molecule has 2 amide bonds. The van der Waals surface area contributed by atoms with E-state index < -0.39 is 0 Å². The number of likely N-dealkylation sites (N-methyl/N-ethyl adjacent to an activating group) is 1. The first-order valence-corrected chi connectivity index (χ1v) is 6.63. The molecular weight excluding hydrogens is 266 g/mol. The molecule has 0 aliphatic carbocycles. The van der Waals surface area contributed by atoms with Gasteiger partial charge >= 0.3 is 6.03 Å². The van der Waals surface area contributed by atoms with Crippen LogP contribution in [0.25, 0.3) is 0 Å². The molecule has 0 aromatic heterocycles. The van der Waals surface area contributed by atoms with E-state index in [0.717, 1.165) is 18.8 Å². The number of hydrogen-bond acceptors (Lipinski definition) is 3. The maximum atomic E-state index is 12.0. The summed E-state index contributed by atoms with van der Waals surface area (Å²) in [6.07, 6.45) is 0.0507. The number of ether oxygens (including phenoxy) is 1. The molecule has 1 fully saturated rings. The van der Waals surface area contributed by atoms with Crippen molar-refractivity contribution in [2.75, 3.05) is 38.6 Å². The minimum absolute atomic E-state index is 0.0507. The number of carbonyl (C=O) groups excluding carboxylic acids is 1. The molecule has 104 valence electrons. The van der Waals surface area contributed by atoms with Crippen LogP contribution in [0.1, 0.15) is 0 Å². The van der Waals surface area contributed by atoms with Gasteiger partial charge in [-0.3, -0.25) is 0 Å². The van der Waals surface area contributed by atoms with Crippen molar-refractivity contribution in [2.24, 2.45) is 0 Å². The van der Waals surface area contributed by atoms with Crippen LogP contribution in [0.3, 0.4) is 0 Å². The number of halogens is 1. The van der Waals surface area contributed by atoms with Crippen LogP contribution in [-0.4, -0.2) is 50.3 Å². The summed E-state index contributed by atoms with van der Waals surface area (Å²) in [7, 11) is 1.75. The number of rotatable bonds is 3. The molecule has 1 saturated heterocycles. The van der Waals surface area contributed by atoms with Crippen LogP contribution in [0, 0.1) is 0 Å². The third-order valence-corrected chi connectivity index (χ3v) is 3.18. The SMILES string of the molecule is CN(CC1CNCCO1)C(=O)Nc1ccc(Cl)cc1. The second kappa shape index (κ2) is 6.75. The smallest absolute Gasteiger partial charge is 0.321 e. The molecule has 1 aromatic carbocycles. The number of anilines is 1. The largest absolute Gasteiger partial charge is 0.374 e. The monoisotopic (exact) mass is 283 g/mol. The Kier molecular flexibility index (Phi) is 5.01. The lowest BCUT2D eigenvalue weighted by atomic mass is 10.3. The van der Waals surface area contributed by atoms with Gasteiger partial charge in [-0.1, -0.05) is 11.6 Å². The highest BCUT2D eigenvalue weighted by Crippen LogP contribution is 2.13. The first-order chi connectivity index (χ1) is 9.15. The van der Waals surface area contributed by atoms with Crippen LogP contribution in [0.15, 0.2) is 24.3 Å². The Morgan fingerprint density at radius 3 is 2.89 bits per heavy atom. The summed E-state index contributed by atoms with van der Waals surface area (Å²) in [4.78, 5) is 13.6. The Morgan fingerprint density at radius 2 is 2.26 bits per heavy atom. The average molecular weight is 284 g/mol. The van der Waals surface area contributed by atoms with Crippen molar-refractivity contribution in [1.82, 2.24) is 10.2 Å². The van der Waals surface area contributed by atoms with Crippen molar-refractivity contribution >= 4 is 23.3 Å². The number of amides is 2. The van der Waals surface area contributed by atoms with Gasteiger partial charge in [0.2, 0.25) is 0 Å². The summed E-state index contributed by atoms with van der Waals surface area (Å²) >= 11 is 5.79. The molecule has 1 atom stereocenters. The Balaban J connectivity index is 1.83. The average Bonchev–Trinajstić information content (AvgIpc) is 2.42. The van der Waals surface area contributed by atoms with E-state index in [2.05, 4.69) is 10.6 Å². The van der Waals surface area contributed by atoms with Gasteiger partial charge in [-0.05, 0) is 24.3 Å². The molecule has 0 radical (unpaired) electrons. The van der Waals surface area contributed by atoms with Crippen LogP contribution in [0.4, 0.5) is 10.5 Å². The molecule has 1 aliphatic rings. The molecule has 0 spiro atoms. The van der Waals surface area contributed by atoms with E-state index in [0.29, 0.717) is 18.2 Å². The lowest BCUT2D eigenvalue weighted by Gasteiger charge is -2.28. The Labute approximate surface area is 117 Å². The van der Waals surface area contributed by atoms with Crippen molar-refractivity contribution in [1.29, 1.82) is 0 Å². The molecule has 19 heavy (non-hydrogen) atoms. The van der Waals surface area contributed by atoms with Crippen LogP contribution >= 0.6 is 11.6 Å². The van der Waals surface area contributed by atoms with Gasteiger partial charge in [0.15, 0.2) is 0 Å². The van der Waals surface area contributed by atoms with Gasteiger partial charge < -0.3 is 20.3 Å². The molecular formula is C13H18ClN3O2. The van der Waals surface area contributed by atoms with Gasteiger partial charge in [-0.15, -0.1) is 0 Å². The fourth-order valence-corrected chi connectivity index (χ4v) is 2.00. The third-order valence-electron chi connectivity index (χ3n) is 2.92. The highest BCUT2D eigenvalue weighted by atomic mass is 35.5. The minimum Gasteiger partial charge on any atom is -0.374 e. The first-order valence-electron chi connectivity index (χ1n) is 6.25. The molecule has 1 heterocycles. The molecule has 2 N–H and O–H groups in total. The molecule has 1 aromatic rings. The van der Waals surface area contributed by atoms with E-state index in [1.807, 2.05) is 0 Å². The van der Waals surface area contributed by atoms with E-state index in [4.69, 9.17) is 16.3 Å². The fraction of sp³-hybridized carbons (Fsp3) is 0.462. The molecule has 1 aliphatic heterocycles. The van der Waals surface area contributed by atoms with Crippen LogP contribution in [0.5, 0.6) is 0 Å². The standard InChI is InChI=1S/C13H18ClN3O2/c1-17(9-12-8-15-6-7-19-12)13(18)16-11-4-2-10(14)3-5-11/h2-5,12,15H,6-9H2,1H3,(H,16,18). The maximum absolute atomic E-state index is 12.0. The van der Waals surface area contributed by atoms with Gasteiger partial charge in [0.1, 0.15) is 0 Å². The maximum Gasteiger partial charge on any atom is 0.321 e. The number of morpholine rings is 1. The van der Waals surface area contributed by atoms with E-state index in [1.165, 1.54) is 0 Å². The molecule has 2 rings (SSSR count). The number of hydrogen-bond donors (Lipinski definition) is 2. The summed E-state index contributed by atoms with van der Waals surface area (Å²) in [6, 6.07) is 6.87. The van der Waals surface area contributed by atoms with Crippen LogP contribution in [-0.2, 0) is 4.74 Å². The van der Waals surface area contributed by atoms with Crippen molar-refractivity contribution in [3.63, 3.8) is 0 Å². The van der Waals surface area contributed by atoms with Crippen LogP contribution < -0.4 is 10.6 Å². The lowest BCUT2D eigenvalue weighted by molar-refractivity contribution is 0.0164. The Morgan fingerprint density at radius 1 is 1.53 bits per heavy atom. The summed E-state index contributed by atoms with van der Waals surface area (Å²) in [5, 5.41) is 6.69. The molecule has 5 nitrogen and oxygen atoms in total. The summed E-state index contributed by atoms with van der Waals surface area (Å²) in [5.74, 6) is 0. The molecule has 0 saturated carbocycles. The van der Waals surface area contributed by atoms with E-state index in [9.17, 15) is 4.79 Å². The first kappa shape index (κ1) is 14.1. The summed E-state index contributed by atoms with van der Waals surface area (Å²) in [6.45, 7) is 2.90. The Hall–Kier alpha value is -1.30. The van der Waals surface area contributed by atoms with Gasteiger partial charge in [0.25, 0.3) is 0 Å². The van der Waals surface area contributed by atoms with E-state index in [-0.39, 0.29) is 12.1 Å². The van der Waals surface area contributed by atoms with E-state index in [1.54, 1.807) is 36.2 Å². The number of carbonyl (C=O) groups is 1. The summed E-state index contributed by atoms with van der Waals surface area (Å²) in [5.41, 5.74) is 0.726. The fourth-order valence-electron chi connectivity index (χ4n) is 1.88. The lowest BCUT2D eigenvalue weighted by Crippen LogP contribution is -2.46. The molecule has 6 heteroatoms. The Bertz CT molecular complexity index is 418.